The van der Waals surface area contributed by atoms with E-state index in [2.05, 4.69) is 0 Å². The molecule has 0 heterocycles. The van der Waals surface area contributed by atoms with Gasteiger partial charge in [0.15, 0.2) is 5.78 Å². The van der Waals surface area contributed by atoms with Crippen molar-refractivity contribution < 1.29 is 21.6 Å². The van der Waals surface area contributed by atoms with Crippen LogP contribution in [0.3, 0.4) is 0 Å². The van der Waals surface area contributed by atoms with Crippen molar-refractivity contribution in [2.45, 2.75) is 21.6 Å². The molecule has 11 heteroatoms. The number of hydrogen-bond acceptors (Lipinski definition) is 5. The van der Waals surface area contributed by atoms with Crippen molar-refractivity contribution in [2.75, 3.05) is 0 Å². The second-order valence-electron chi connectivity index (χ2n) is 10.6. The van der Waals surface area contributed by atoms with Crippen LogP contribution < -0.4 is 0 Å². The van der Waals surface area contributed by atoms with Crippen molar-refractivity contribution in [3.05, 3.63) is 131 Å². The SMILES string of the molecule is O=C(c1cccc(-c2ccc3cc(S(=O)(=O)Cl)ccc3c2)c1CCl)c1cccc(-c2ccc3cc(S(=O)(=O)Cl)ccc3c2)c1CCl. The summed E-state index contributed by atoms with van der Waals surface area (Å²) in [5.41, 5.74) is 5.34. The minimum absolute atomic E-state index is 0.0142. The molecular formula is C35H22Cl4O5S2. The molecule has 6 aromatic rings. The summed E-state index contributed by atoms with van der Waals surface area (Å²) in [6.07, 6.45) is 0. The molecule has 0 saturated heterocycles. The van der Waals surface area contributed by atoms with Gasteiger partial charge in [0.2, 0.25) is 0 Å². The van der Waals surface area contributed by atoms with Crippen LogP contribution in [-0.2, 0) is 29.9 Å². The second kappa shape index (κ2) is 12.6. The molecule has 0 aliphatic carbocycles. The highest BCUT2D eigenvalue weighted by atomic mass is 35.7. The minimum atomic E-state index is -3.87. The molecule has 0 unspecified atom stereocenters. The number of halogens is 4. The van der Waals surface area contributed by atoms with E-state index in [4.69, 9.17) is 44.6 Å². The Labute approximate surface area is 285 Å². The van der Waals surface area contributed by atoms with Gasteiger partial charge in [-0.1, -0.05) is 72.8 Å². The van der Waals surface area contributed by atoms with Gasteiger partial charge >= 0.3 is 0 Å². The molecule has 0 aliphatic rings. The van der Waals surface area contributed by atoms with Crippen LogP contribution in [0, 0.1) is 0 Å². The molecule has 0 aromatic heterocycles. The lowest BCUT2D eigenvalue weighted by Crippen LogP contribution is -2.09. The summed E-state index contributed by atoms with van der Waals surface area (Å²) in [5.74, 6) is -0.0935. The predicted octanol–water partition coefficient (Wildman–Crippen LogP) is 9.89. The van der Waals surface area contributed by atoms with Crippen molar-refractivity contribution in [1.82, 2.24) is 0 Å². The van der Waals surface area contributed by atoms with E-state index in [-0.39, 0.29) is 27.3 Å². The Balaban J connectivity index is 1.41. The number of benzene rings is 6. The fourth-order valence-electron chi connectivity index (χ4n) is 5.66. The van der Waals surface area contributed by atoms with Gasteiger partial charge in [0.1, 0.15) is 0 Å². The first kappa shape index (κ1) is 32.5. The highest BCUT2D eigenvalue weighted by Crippen LogP contribution is 2.35. The van der Waals surface area contributed by atoms with Crippen molar-refractivity contribution in [1.29, 1.82) is 0 Å². The number of carbonyl (C=O) groups excluding carboxylic acids is 1. The lowest BCUT2D eigenvalue weighted by Gasteiger charge is -2.17. The van der Waals surface area contributed by atoms with Gasteiger partial charge in [-0.05, 0) is 91.3 Å². The zero-order chi connectivity index (χ0) is 32.8. The van der Waals surface area contributed by atoms with E-state index in [0.717, 1.165) is 33.0 Å². The molecule has 0 atom stereocenters. The Morgan fingerprint density at radius 3 is 1.24 bits per heavy atom. The first-order valence-electron chi connectivity index (χ1n) is 13.8. The van der Waals surface area contributed by atoms with Gasteiger partial charge in [0.25, 0.3) is 18.1 Å². The van der Waals surface area contributed by atoms with E-state index in [9.17, 15) is 21.6 Å². The van der Waals surface area contributed by atoms with Crippen molar-refractivity contribution in [2.24, 2.45) is 0 Å². The molecule has 0 amide bonds. The van der Waals surface area contributed by atoms with Crippen LogP contribution in [0.2, 0.25) is 0 Å². The fraction of sp³-hybridized carbons (Fsp3) is 0.0571. The van der Waals surface area contributed by atoms with Gasteiger partial charge in [-0.15, -0.1) is 23.2 Å². The van der Waals surface area contributed by atoms with Crippen LogP contribution in [-0.4, -0.2) is 22.6 Å². The Bertz CT molecular complexity index is 2260. The number of ketones is 1. The van der Waals surface area contributed by atoms with Crippen LogP contribution in [0.15, 0.2) is 119 Å². The number of hydrogen-bond donors (Lipinski definition) is 0. The van der Waals surface area contributed by atoms with Gasteiger partial charge in [0.05, 0.1) is 9.79 Å². The Morgan fingerprint density at radius 1 is 0.500 bits per heavy atom. The summed E-state index contributed by atoms with van der Waals surface area (Å²) < 4.78 is 47.2. The second-order valence-corrected chi connectivity index (χ2v) is 16.2. The first-order chi connectivity index (χ1) is 21.9. The topological polar surface area (TPSA) is 85.3 Å². The predicted molar refractivity (Wildman–Crippen MR) is 187 cm³/mol. The zero-order valence-corrected chi connectivity index (χ0v) is 28.3. The third kappa shape index (κ3) is 6.28. The first-order valence-corrected chi connectivity index (χ1v) is 19.5. The smallest absolute Gasteiger partial charge is 0.261 e. The van der Waals surface area contributed by atoms with E-state index >= 15 is 0 Å². The largest absolute Gasteiger partial charge is 0.289 e. The Hall–Kier alpha value is -3.43. The summed E-state index contributed by atoms with van der Waals surface area (Å²) in [6.45, 7) is 0. The van der Waals surface area contributed by atoms with Crippen molar-refractivity contribution in [3.8, 4) is 22.3 Å². The molecule has 6 aromatic carbocycles. The van der Waals surface area contributed by atoms with Crippen LogP contribution >= 0.6 is 44.6 Å². The minimum Gasteiger partial charge on any atom is -0.289 e. The molecule has 0 aliphatic heterocycles. The van der Waals surface area contributed by atoms with Crippen LogP contribution in [0.1, 0.15) is 27.0 Å². The van der Waals surface area contributed by atoms with Crippen LogP contribution in [0.25, 0.3) is 43.8 Å². The molecule has 0 spiro atoms. The van der Waals surface area contributed by atoms with Gasteiger partial charge in [0, 0.05) is 44.3 Å². The summed E-state index contributed by atoms with van der Waals surface area (Å²) in [7, 11) is 3.32. The lowest BCUT2D eigenvalue weighted by molar-refractivity contribution is 0.103. The van der Waals surface area contributed by atoms with Crippen molar-refractivity contribution >= 4 is 90.0 Å². The van der Waals surface area contributed by atoms with Gasteiger partial charge in [-0.25, -0.2) is 16.8 Å². The van der Waals surface area contributed by atoms with Gasteiger partial charge in [-0.2, -0.15) is 0 Å². The normalized spacial score (nSPS) is 12.1. The van der Waals surface area contributed by atoms with Gasteiger partial charge < -0.3 is 0 Å². The Kier molecular flexibility index (Phi) is 8.93. The van der Waals surface area contributed by atoms with E-state index in [0.29, 0.717) is 33.0 Å². The molecule has 5 nitrogen and oxygen atoms in total. The maximum absolute atomic E-state index is 14.2. The molecule has 232 valence electrons. The van der Waals surface area contributed by atoms with Crippen LogP contribution in [0.4, 0.5) is 0 Å². The highest BCUT2D eigenvalue weighted by molar-refractivity contribution is 8.14. The summed E-state index contributed by atoms with van der Waals surface area (Å²) >= 11 is 13.0. The van der Waals surface area contributed by atoms with E-state index in [1.165, 1.54) is 24.3 Å². The average molecular weight is 729 g/mol. The standard InChI is InChI=1S/C35H22Cl4O5S2/c36-19-33-29(25-9-7-23-17-27(45(38,41)42)13-11-21(23)15-25)3-1-5-31(33)35(40)32-6-2-4-30(34(32)20-37)26-10-8-24-18-28(46(39,43)44)14-12-22(24)16-26/h1-18H,19-20H2. The summed E-state index contributed by atoms with van der Waals surface area (Å²) in [5, 5.41) is 3.00. The molecule has 46 heavy (non-hydrogen) atoms. The maximum Gasteiger partial charge on any atom is 0.261 e. The Morgan fingerprint density at radius 2 is 0.870 bits per heavy atom. The number of alkyl halides is 2. The summed E-state index contributed by atoms with van der Waals surface area (Å²) in [4.78, 5) is 14.2. The molecule has 0 bridgehead atoms. The van der Waals surface area contributed by atoms with Crippen molar-refractivity contribution in [3.63, 3.8) is 0 Å². The average Bonchev–Trinajstić information content (AvgIpc) is 3.05. The zero-order valence-electron chi connectivity index (χ0n) is 23.7. The molecule has 0 radical (unpaired) electrons. The van der Waals surface area contributed by atoms with Crippen LogP contribution in [0.5, 0.6) is 0 Å². The highest BCUT2D eigenvalue weighted by Gasteiger charge is 2.22. The maximum atomic E-state index is 14.2. The molecule has 0 N–H and O–H groups in total. The van der Waals surface area contributed by atoms with E-state index in [1.807, 2.05) is 36.4 Å². The molecule has 6 rings (SSSR count). The molecular weight excluding hydrogens is 706 g/mol. The number of carbonyl (C=O) groups is 1. The van der Waals surface area contributed by atoms with E-state index in [1.54, 1.807) is 48.5 Å². The third-order valence-electron chi connectivity index (χ3n) is 7.92. The van der Waals surface area contributed by atoms with Gasteiger partial charge in [-0.3, -0.25) is 4.79 Å². The fourth-order valence-corrected chi connectivity index (χ4v) is 7.81. The molecule has 0 saturated carbocycles. The number of rotatable bonds is 8. The summed E-state index contributed by atoms with van der Waals surface area (Å²) in [6, 6.07) is 31.3. The monoisotopic (exact) mass is 726 g/mol. The number of fused-ring (bicyclic) bond motifs is 2. The quantitative estimate of drug-likeness (QED) is 0.0885. The lowest BCUT2D eigenvalue weighted by atomic mass is 9.88. The molecule has 0 fully saturated rings. The third-order valence-corrected chi connectivity index (χ3v) is 11.2. The van der Waals surface area contributed by atoms with E-state index < -0.39 is 18.1 Å².